The minimum atomic E-state index is -0.447. The maximum absolute atomic E-state index is 14.5. The number of nitrogens with one attached hydrogen (secondary N) is 1. The summed E-state index contributed by atoms with van der Waals surface area (Å²) in [4.78, 5) is 3.96. The Bertz CT molecular complexity index is 1320. The first-order valence-electron chi connectivity index (χ1n) is 9.64. The van der Waals surface area contributed by atoms with Gasteiger partial charge in [-0.2, -0.15) is 4.52 Å². The van der Waals surface area contributed by atoms with Crippen LogP contribution in [0.1, 0.15) is 5.56 Å². The van der Waals surface area contributed by atoms with Crippen LogP contribution < -0.4 is 10.1 Å². The number of rotatable bonds is 6. The maximum atomic E-state index is 14.5. The third-order valence-electron chi connectivity index (χ3n) is 4.63. The molecule has 0 saturated heterocycles. The highest BCUT2D eigenvalue weighted by molar-refractivity contribution is 5.59. The molecule has 0 bridgehead atoms. The SMILES string of the molecule is Fc1cc(CNc2ccc3nnc(-c4ccccc4)n3n2)ccc1Oc1cccnc1. The highest BCUT2D eigenvalue weighted by Gasteiger charge is 2.10. The van der Waals surface area contributed by atoms with Gasteiger partial charge in [0.1, 0.15) is 11.6 Å². The Labute approximate surface area is 177 Å². The van der Waals surface area contributed by atoms with Gasteiger partial charge in [-0.1, -0.05) is 36.4 Å². The van der Waals surface area contributed by atoms with E-state index in [1.54, 1.807) is 35.0 Å². The summed E-state index contributed by atoms with van der Waals surface area (Å²) >= 11 is 0. The van der Waals surface area contributed by atoms with Crippen LogP contribution >= 0.6 is 0 Å². The third-order valence-corrected chi connectivity index (χ3v) is 4.63. The summed E-state index contributed by atoms with van der Waals surface area (Å²) in [6, 6.07) is 21.7. The Morgan fingerprint density at radius 1 is 0.935 bits per heavy atom. The number of hydrogen-bond acceptors (Lipinski definition) is 6. The van der Waals surface area contributed by atoms with Crippen LogP contribution in [0.4, 0.5) is 10.2 Å². The fraction of sp³-hybridized carbons (Fsp3) is 0.0435. The number of fused-ring (bicyclic) bond motifs is 1. The van der Waals surface area contributed by atoms with Crippen LogP contribution in [-0.4, -0.2) is 24.8 Å². The molecule has 0 aliphatic carbocycles. The first kappa shape index (κ1) is 18.7. The molecule has 3 aromatic heterocycles. The second kappa shape index (κ2) is 8.19. The minimum absolute atomic E-state index is 0.147. The molecule has 152 valence electrons. The predicted octanol–water partition coefficient (Wildman–Crippen LogP) is 4.73. The van der Waals surface area contributed by atoms with Gasteiger partial charge in [0.25, 0.3) is 0 Å². The Morgan fingerprint density at radius 2 is 1.84 bits per heavy atom. The zero-order valence-corrected chi connectivity index (χ0v) is 16.3. The molecule has 3 heterocycles. The van der Waals surface area contributed by atoms with E-state index in [-0.39, 0.29) is 5.75 Å². The van der Waals surface area contributed by atoms with Crippen molar-refractivity contribution >= 4 is 11.5 Å². The molecule has 0 aliphatic rings. The molecule has 31 heavy (non-hydrogen) atoms. The summed E-state index contributed by atoms with van der Waals surface area (Å²) in [5.41, 5.74) is 2.32. The van der Waals surface area contributed by atoms with Gasteiger partial charge in [0, 0.05) is 18.3 Å². The fourth-order valence-electron chi connectivity index (χ4n) is 3.11. The number of hydrogen-bond donors (Lipinski definition) is 1. The Kier molecular flexibility index (Phi) is 4.94. The summed E-state index contributed by atoms with van der Waals surface area (Å²) in [6.45, 7) is 0.394. The quantitative estimate of drug-likeness (QED) is 0.434. The number of aromatic nitrogens is 5. The summed E-state index contributed by atoms with van der Waals surface area (Å²) in [5.74, 6) is 1.46. The van der Waals surface area contributed by atoms with Crippen LogP contribution in [0.2, 0.25) is 0 Å². The molecule has 0 unspecified atom stereocenters. The average Bonchev–Trinajstić information content (AvgIpc) is 3.24. The number of pyridine rings is 1. The zero-order chi connectivity index (χ0) is 21.0. The molecular formula is C23H17FN6O. The smallest absolute Gasteiger partial charge is 0.185 e. The molecular weight excluding hydrogens is 395 g/mol. The Balaban J connectivity index is 1.32. The van der Waals surface area contributed by atoms with Crippen molar-refractivity contribution < 1.29 is 9.13 Å². The summed E-state index contributed by atoms with van der Waals surface area (Å²) in [5, 5.41) is 16.2. The van der Waals surface area contributed by atoms with Gasteiger partial charge in [0.15, 0.2) is 23.0 Å². The van der Waals surface area contributed by atoms with Crippen molar-refractivity contribution in [2.45, 2.75) is 6.54 Å². The molecule has 0 aliphatic heterocycles. The van der Waals surface area contributed by atoms with E-state index >= 15 is 0 Å². The largest absolute Gasteiger partial charge is 0.453 e. The van der Waals surface area contributed by atoms with Gasteiger partial charge in [0.05, 0.1) is 6.20 Å². The van der Waals surface area contributed by atoms with Crippen molar-refractivity contribution in [3.05, 3.63) is 96.6 Å². The lowest BCUT2D eigenvalue weighted by atomic mass is 10.2. The van der Waals surface area contributed by atoms with E-state index in [1.807, 2.05) is 42.5 Å². The second-order valence-corrected chi connectivity index (χ2v) is 6.79. The summed E-state index contributed by atoms with van der Waals surface area (Å²) in [6.07, 6.45) is 3.16. The topological polar surface area (TPSA) is 77.2 Å². The van der Waals surface area contributed by atoms with Crippen molar-refractivity contribution in [3.63, 3.8) is 0 Å². The van der Waals surface area contributed by atoms with Gasteiger partial charge in [-0.25, -0.2) is 4.39 Å². The van der Waals surface area contributed by atoms with Gasteiger partial charge < -0.3 is 10.1 Å². The molecule has 0 fully saturated rings. The molecule has 1 N–H and O–H groups in total. The Morgan fingerprint density at radius 3 is 2.65 bits per heavy atom. The fourth-order valence-corrected chi connectivity index (χ4v) is 3.11. The van der Waals surface area contributed by atoms with E-state index < -0.39 is 5.82 Å². The highest BCUT2D eigenvalue weighted by atomic mass is 19.1. The monoisotopic (exact) mass is 412 g/mol. The lowest BCUT2D eigenvalue weighted by Gasteiger charge is -2.09. The maximum Gasteiger partial charge on any atom is 0.185 e. The van der Waals surface area contributed by atoms with E-state index in [0.717, 1.165) is 11.1 Å². The summed E-state index contributed by atoms with van der Waals surface area (Å²) < 4.78 is 21.7. The van der Waals surface area contributed by atoms with Crippen LogP contribution in [0, 0.1) is 5.82 Å². The van der Waals surface area contributed by atoms with Gasteiger partial charge in [-0.3, -0.25) is 4.98 Å². The normalized spacial score (nSPS) is 10.9. The zero-order valence-electron chi connectivity index (χ0n) is 16.3. The molecule has 2 aromatic carbocycles. The summed E-state index contributed by atoms with van der Waals surface area (Å²) in [7, 11) is 0. The first-order chi connectivity index (χ1) is 15.3. The van der Waals surface area contributed by atoms with E-state index in [4.69, 9.17) is 4.74 Å². The van der Waals surface area contributed by atoms with Gasteiger partial charge in [0.2, 0.25) is 0 Å². The van der Waals surface area contributed by atoms with Gasteiger partial charge in [-0.05, 0) is 42.0 Å². The minimum Gasteiger partial charge on any atom is -0.453 e. The van der Waals surface area contributed by atoms with Crippen LogP contribution in [0.5, 0.6) is 11.5 Å². The van der Waals surface area contributed by atoms with Crippen LogP contribution in [-0.2, 0) is 6.54 Å². The van der Waals surface area contributed by atoms with Crippen molar-refractivity contribution in [2.24, 2.45) is 0 Å². The van der Waals surface area contributed by atoms with Crippen molar-refractivity contribution in [1.82, 2.24) is 24.8 Å². The van der Waals surface area contributed by atoms with E-state index in [2.05, 4.69) is 25.6 Å². The highest BCUT2D eigenvalue weighted by Crippen LogP contribution is 2.25. The van der Waals surface area contributed by atoms with Gasteiger partial charge in [-0.15, -0.1) is 15.3 Å². The van der Waals surface area contributed by atoms with E-state index in [1.165, 1.54) is 12.3 Å². The molecule has 0 atom stereocenters. The third kappa shape index (κ3) is 4.04. The van der Waals surface area contributed by atoms with Crippen molar-refractivity contribution in [1.29, 1.82) is 0 Å². The molecule has 0 spiro atoms. The number of halogens is 1. The lowest BCUT2D eigenvalue weighted by molar-refractivity contribution is 0.440. The number of benzene rings is 2. The molecule has 8 heteroatoms. The number of nitrogens with zero attached hydrogens (tertiary/aromatic N) is 5. The van der Waals surface area contributed by atoms with E-state index in [0.29, 0.717) is 29.6 Å². The van der Waals surface area contributed by atoms with Crippen LogP contribution in [0.3, 0.4) is 0 Å². The lowest BCUT2D eigenvalue weighted by Crippen LogP contribution is -2.05. The standard InChI is InChI=1S/C23H17FN6O/c24-19-13-16(8-9-20(19)31-18-7-4-12-25-15-18)14-26-21-10-11-22-27-28-23(30(22)29-21)17-5-2-1-3-6-17/h1-13,15H,14H2,(H,26,29). The molecule has 0 saturated carbocycles. The molecule has 0 radical (unpaired) electrons. The first-order valence-corrected chi connectivity index (χ1v) is 9.64. The van der Waals surface area contributed by atoms with Gasteiger partial charge >= 0.3 is 0 Å². The molecule has 7 nitrogen and oxygen atoms in total. The molecule has 0 amide bonds. The second-order valence-electron chi connectivity index (χ2n) is 6.79. The van der Waals surface area contributed by atoms with Crippen LogP contribution in [0.25, 0.3) is 17.0 Å². The van der Waals surface area contributed by atoms with Crippen molar-refractivity contribution in [3.8, 4) is 22.9 Å². The van der Waals surface area contributed by atoms with Crippen LogP contribution in [0.15, 0.2) is 85.2 Å². The van der Waals surface area contributed by atoms with E-state index in [9.17, 15) is 4.39 Å². The number of ether oxygens (including phenoxy) is 1. The number of anilines is 1. The predicted molar refractivity (Wildman–Crippen MR) is 114 cm³/mol. The average molecular weight is 412 g/mol. The van der Waals surface area contributed by atoms with Crippen molar-refractivity contribution in [2.75, 3.05) is 5.32 Å². The Hall–Kier alpha value is -4.33. The molecule has 5 rings (SSSR count). The molecule has 5 aromatic rings.